The molecule has 0 saturated carbocycles. The maximum atomic E-state index is 12.3. The van der Waals surface area contributed by atoms with Crippen LogP contribution in [0.4, 0.5) is 0 Å². The first-order valence-corrected chi connectivity index (χ1v) is 9.14. The van der Waals surface area contributed by atoms with Crippen LogP contribution >= 0.6 is 11.6 Å². The lowest BCUT2D eigenvalue weighted by atomic mass is 10.0. The molecule has 0 aliphatic heterocycles. The van der Waals surface area contributed by atoms with Gasteiger partial charge in [0.15, 0.2) is 0 Å². The molecule has 5 heteroatoms. The van der Waals surface area contributed by atoms with Gasteiger partial charge in [-0.1, -0.05) is 48.0 Å². The van der Waals surface area contributed by atoms with Crippen molar-refractivity contribution in [3.8, 4) is 11.5 Å². The Morgan fingerprint density at radius 2 is 1.74 bits per heavy atom. The van der Waals surface area contributed by atoms with Gasteiger partial charge in [-0.05, 0) is 41.0 Å². The van der Waals surface area contributed by atoms with E-state index in [4.69, 9.17) is 21.1 Å². The van der Waals surface area contributed by atoms with Gasteiger partial charge in [0.2, 0.25) is 5.91 Å². The Kier molecular flexibility index (Phi) is 6.20. The summed E-state index contributed by atoms with van der Waals surface area (Å²) in [5.74, 6) is 1.39. The molecular weight excluding hydrogens is 362 g/mol. The summed E-state index contributed by atoms with van der Waals surface area (Å²) < 4.78 is 10.6. The minimum Gasteiger partial charge on any atom is -0.496 e. The molecule has 0 bridgehead atoms. The number of hydrogen-bond donors (Lipinski definition) is 1. The van der Waals surface area contributed by atoms with Gasteiger partial charge < -0.3 is 14.8 Å². The van der Waals surface area contributed by atoms with E-state index in [1.54, 1.807) is 14.2 Å². The highest BCUT2D eigenvalue weighted by atomic mass is 35.5. The van der Waals surface area contributed by atoms with Crippen LogP contribution in [0.5, 0.6) is 11.5 Å². The minimum absolute atomic E-state index is 0.0167. The summed E-state index contributed by atoms with van der Waals surface area (Å²) in [4.78, 5) is 12.3. The molecule has 140 valence electrons. The average Bonchev–Trinajstić information content (AvgIpc) is 2.70. The van der Waals surface area contributed by atoms with Crippen LogP contribution in [0.2, 0.25) is 5.02 Å². The predicted octanol–water partition coefficient (Wildman–Crippen LogP) is 4.76. The van der Waals surface area contributed by atoms with E-state index in [0.717, 1.165) is 27.6 Å². The fourth-order valence-corrected chi connectivity index (χ4v) is 3.37. The van der Waals surface area contributed by atoms with E-state index in [1.165, 1.54) is 0 Å². The van der Waals surface area contributed by atoms with Crippen LogP contribution in [-0.4, -0.2) is 20.1 Å². The number of benzene rings is 3. The van der Waals surface area contributed by atoms with Crippen molar-refractivity contribution in [1.29, 1.82) is 0 Å². The normalized spacial score (nSPS) is 10.6. The number of ether oxygens (including phenoxy) is 2. The van der Waals surface area contributed by atoms with Gasteiger partial charge in [-0.15, -0.1) is 0 Å². The summed E-state index contributed by atoms with van der Waals surface area (Å²) in [7, 11) is 3.22. The van der Waals surface area contributed by atoms with Gasteiger partial charge in [-0.3, -0.25) is 4.79 Å². The van der Waals surface area contributed by atoms with Gasteiger partial charge in [0, 0.05) is 18.5 Å². The maximum Gasteiger partial charge on any atom is 0.220 e. The molecule has 27 heavy (non-hydrogen) atoms. The molecule has 3 aromatic carbocycles. The first-order chi connectivity index (χ1) is 13.1. The molecule has 0 atom stereocenters. The summed E-state index contributed by atoms with van der Waals surface area (Å²) in [6.07, 6.45) is 0.998. The Hall–Kier alpha value is -2.72. The van der Waals surface area contributed by atoms with E-state index >= 15 is 0 Å². The van der Waals surface area contributed by atoms with E-state index in [1.807, 2.05) is 54.6 Å². The molecule has 0 aliphatic rings. The second-order valence-corrected chi connectivity index (χ2v) is 6.62. The Balaban J connectivity index is 1.64. The summed E-state index contributed by atoms with van der Waals surface area (Å²) in [5.41, 5.74) is 1.98. The Labute approximate surface area is 164 Å². The SMILES string of the molecule is COc1ccc(CCC(=O)NCc2c(OC)ccc3ccccc23)cc1Cl. The average molecular weight is 384 g/mol. The van der Waals surface area contributed by atoms with Crippen molar-refractivity contribution >= 4 is 28.3 Å². The zero-order valence-corrected chi connectivity index (χ0v) is 16.2. The Morgan fingerprint density at radius 1 is 1.00 bits per heavy atom. The first-order valence-electron chi connectivity index (χ1n) is 8.76. The van der Waals surface area contributed by atoms with Crippen molar-refractivity contribution in [2.24, 2.45) is 0 Å². The number of nitrogens with one attached hydrogen (secondary N) is 1. The molecule has 1 N–H and O–H groups in total. The number of amides is 1. The van der Waals surface area contributed by atoms with Crippen molar-refractivity contribution in [3.63, 3.8) is 0 Å². The van der Waals surface area contributed by atoms with Gasteiger partial charge in [0.25, 0.3) is 0 Å². The Bertz CT molecular complexity index is 955. The molecule has 0 aliphatic carbocycles. The highest BCUT2D eigenvalue weighted by molar-refractivity contribution is 6.32. The van der Waals surface area contributed by atoms with Crippen molar-refractivity contribution in [2.45, 2.75) is 19.4 Å². The predicted molar refractivity (Wildman–Crippen MR) is 109 cm³/mol. The summed E-state index contributed by atoms with van der Waals surface area (Å²) in [6.45, 7) is 0.423. The maximum absolute atomic E-state index is 12.3. The van der Waals surface area contributed by atoms with Crippen molar-refractivity contribution in [1.82, 2.24) is 5.32 Å². The van der Waals surface area contributed by atoms with Gasteiger partial charge in [0.1, 0.15) is 11.5 Å². The van der Waals surface area contributed by atoms with Crippen LogP contribution in [0.3, 0.4) is 0 Å². The molecule has 0 radical (unpaired) electrons. The fraction of sp³-hybridized carbons (Fsp3) is 0.227. The largest absolute Gasteiger partial charge is 0.496 e. The molecule has 4 nitrogen and oxygen atoms in total. The zero-order chi connectivity index (χ0) is 19.2. The van der Waals surface area contributed by atoms with Crippen molar-refractivity contribution in [2.75, 3.05) is 14.2 Å². The number of rotatable bonds is 7. The number of fused-ring (bicyclic) bond motifs is 1. The molecule has 1 amide bonds. The van der Waals surface area contributed by atoms with Crippen LogP contribution in [0.1, 0.15) is 17.5 Å². The lowest BCUT2D eigenvalue weighted by Gasteiger charge is -2.13. The fourth-order valence-electron chi connectivity index (χ4n) is 3.09. The number of carbonyl (C=O) groups is 1. The van der Waals surface area contributed by atoms with Gasteiger partial charge in [-0.25, -0.2) is 0 Å². The number of carbonyl (C=O) groups excluding carboxylic acids is 1. The number of halogens is 1. The van der Waals surface area contributed by atoms with Crippen molar-refractivity contribution in [3.05, 3.63) is 70.7 Å². The van der Waals surface area contributed by atoms with Crippen molar-refractivity contribution < 1.29 is 14.3 Å². The molecule has 0 spiro atoms. The summed E-state index contributed by atoms with van der Waals surface area (Å²) in [6, 6.07) is 17.6. The number of methoxy groups -OCH3 is 2. The van der Waals surface area contributed by atoms with Crippen LogP contribution in [0.25, 0.3) is 10.8 Å². The van der Waals surface area contributed by atoms with E-state index in [2.05, 4.69) is 5.32 Å². The molecule has 0 aromatic heterocycles. The molecule has 3 rings (SSSR count). The quantitative estimate of drug-likeness (QED) is 0.639. The summed E-state index contributed by atoms with van der Waals surface area (Å²) >= 11 is 6.14. The van der Waals surface area contributed by atoms with Gasteiger partial charge in [-0.2, -0.15) is 0 Å². The van der Waals surface area contributed by atoms with Crippen LogP contribution in [0.15, 0.2) is 54.6 Å². The second kappa shape index (κ2) is 8.78. The third kappa shape index (κ3) is 4.52. The minimum atomic E-state index is -0.0167. The topological polar surface area (TPSA) is 47.6 Å². The third-order valence-corrected chi connectivity index (χ3v) is 4.83. The molecular formula is C22H22ClNO3. The zero-order valence-electron chi connectivity index (χ0n) is 15.4. The van der Waals surface area contributed by atoms with Gasteiger partial charge in [0.05, 0.1) is 19.2 Å². The lowest BCUT2D eigenvalue weighted by Crippen LogP contribution is -2.23. The molecule has 0 fully saturated rings. The van der Waals surface area contributed by atoms with Crippen LogP contribution in [0, 0.1) is 0 Å². The van der Waals surface area contributed by atoms with E-state index in [-0.39, 0.29) is 5.91 Å². The number of aryl methyl sites for hydroxylation is 1. The smallest absolute Gasteiger partial charge is 0.220 e. The van der Waals surface area contributed by atoms with Crippen LogP contribution < -0.4 is 14.8 Å². The third-order valence-electron chi connectivity index (χ3n) is 4.54. The standard InChI is InChI=1S/C22H22ClNO3/c1-26-20-11-9-16-5-3-4-6-17(16)18(20)14-24-22(25)12-8-15-7-10-21(27-2)19(23)13-15/h3-7,9-11,13H,8,12,14H2,1-2H3,(H,24,25). The van der Waals surface area contributed by atoms with E-state index in [0.29, 0.717) is 30.2 Å². The molecule has 0 unspecified atom stereocenters. The van der Waals surface area contributed by atoms with Crippen LogP contribution in [-0.2, 0) is 17.8 Å². The second-order valence-electron chi connectivity index (χ2n) is 6.21. The molecule has 0 saturated heterocycles. The highest BCUT2D eigenvalue weighted by Gasteiger charge is 2.10. The van der Waals surface area contributed by atoms with Gasteiger partial charge >= 0.3 is 0 Å². The Morgan fingerprint density at radius 3 is 2.48 bits per heavy atom. The first kappa shape index (κ1) is 19.1. The molecule has 3 aromatic rings. The molecule has 0 heterocycles. The monoisotopic (exact) mass is 383 g/mol. The van der Waals surface area contributed by atoms with E-state index < -0.39 is 0 Å². The van der Waals surface area contributed by atoms with E-state index in [9.17, 15) is 4.79 Å². The highest BCUT2D eigenvalue weighted by Crippen LogP contribution is 2.28. The summed E-state index contributed by atoms with van der Waals surface area (Å²) in [5, 5.41) is 5.75. The lowest BCUT2D eigenvalue weighted by molar-refractivity contribution is -0.121. The number of hydrogen-bond acceptors (Lipinski definition) is 3.